The number of halogens is 2. The summed E-state index contributed by atoms with van der Waals surface area (Å²) in [5.74, 6) is -0.571. The van der Waals surface area contributed by atoms with Crippen LogP contribution < -0.4 is 5.32 Å². The summed E-state index contributed by atoms with van der Waals surface area (Å²) in [6, 6.07) is 4.38. The van der Waals surface area contributed by atoms with E-state index in [0.717, 1.165) is 12.8 Å². The van der Waals surface area contributed by atoms with E-state index < -0.39 is 5.82 Å². The lowest BCUT2D eigenvalue weighted by atomic mass is 9.96. The summed E-state index contributed by atoms with van der Waals surface area (Å²) < 4.78 is 14.9. The minimum absolute atomic E-state index is 0.0262. The van der Waals surface area contributed by atoms with Crippen molar-refractivity contribution >= 4 is 35.0 Å². The summed E-state index contributed by atoms with van der Waals surface area (Å²) >= 11 is 6.99. The molecule has 1 N–H and O–H groups in total. The van der Waals surface area contributed by atoms with Crippen molar-refractivity contribution in [2.45, 2.75) is 43.3 Å². The third-order valence-corrected chi connectivity index (χ3v) is 5.14. The molecule has 3 rings (SSSR count). The van der Waals surface area contributed by atoms with E-state index in [1.165, 1.54) is 49.2 Å². The Hall–Kier alpha value is -1.67. The fourth-order valence-electron chi connectivity index (χ4n) is 2.74. The fourth-order valence-corrected chi connectivity index (χ4v) is 3.66. The maximum Gasteiger partial charge on any atom is 0.234 e. The molecule has 1 heterocycles. The summed E-state index contributed by atoms with van der Waals surface area (Å²) in [7, 11) is 0. The third-order valence-electron chi connectivity index (χ3n) is 3.92. The van der Waals surface area contributed by atoms with Crippen molar-refractivity contribution in [1.29, 1.82) is 0 Å². The van der Waals surface area contributed by atoms with Crippen molar-refractivity contribution in [1.82, 2.24) is 20.2 Å². The Kier molecular flexibility index (Phi) is 5.68. The number of thioether (sulfide) groups is 1. The molecule has 1 amide bonds. The topological polar surface area (TPSA) is 72.7 Å². The average molecular weight is 370 g/mol. The maximum atomic E-state index is 13.1. The Bertz CT molecular complexity index is 720. The Morgan fingerprint density at radius 2 is 2.17 bits per heavy atom. The molecule has 1 aliphatic rings. The molecule has 2 aromatic rings. The van der Waals surface area contributed by atoms with Gasteiger partial charge in [0.1, 0.15) is 5.82 Å². The number of hydrogen-bond acceptors (Lipinski definition) is 5. The van der Waals surface area contributed by atoms with Crippen LogP contribution >= 0.6 is 23.4 Å². The first kappa shape index (κ1) is 17.2. The van der Waals surface area contributed by atoms with Crippen LogP contribution in [-0.2, 0) is 4.79 Å². The molecule has 0 radical (unpaired) electrons. The van der Waals surface area contributed by atoms with E-state index in [1.54, 1.807) is 0 Å². The highest BCUT2D eigenvalue weighted by Gasteiger charge is 2.20. The number of nitrogens with zero attached hydrogens (tertiary/aromatic N) is 4. The van der Waals surface area contributed by atoms with Crippen LogP contribution in [0, 0.1) is 5.82 Å². The lowest BCUT2D eigenvalue weighted by molar-refractivity contribution is -0.113. The summed E-state index contributed by atoms with van der Waals surface area (Å²) in [6.07, 6.45) is 5.75. The number of rotatable bonds is 5. The van der Waals surface area contributed by atoms with Crippen molar-refractivity contribution in [2.75, 3.05) is 11.1 Å². The quantitative estimate of drug-likeness (QED) is 0.813. The minimum atomic E-state index is -0.518. The van der Waals surface area contributed by atoms with Crippen molar-refractivity contribution in [3.05, 3.63) is 29.0 Å². The lowest BCUT2D eigenvalue weighted by Gasteiger charge is -2.21. The Labute approximate surface area is 148 Å². The molecule has 0 aliphatic heterocycles. The Morgan fingerprint density at radius 1 is 1.38 bits per heavy atom. The van der Waals surface area contributed by atoms with Gasteiger partial charge in [0, 0.05) is 5.69 Å². The summed E-state index contributed by atoms with van der Waals surface area (Å²) in [4.78, 5) is 12.0. The molecular formula is C15H17ClFN5OS. The monoisotopic (exact) mass is 369 g/mol. The van der Waals surface area contributed by atoms with Crippen LogP contribution in [0.25, 0.3) is 0 Å². The van der Waals surface area contributed by atoms with Crippen molar-refractivity contribution in [3.8, 4) is 0 Å². The molecule has 9 heteroatoms. The van der Waals surface area contributed by atoms with Gasteiger partial charge in [-0.3, -0.25) is 4.79 Å². The molecule has 6 nitrogen and oxygen atoms in total. The highest BCUT2D eigenvalue weighted by Crippen LogP contribution is 2.30. The predicted molar refractivity (Wildman–Crippen MR) is 90.7 cm³/mol. The summed E-state index contributed by atoms with van der Waals surface area (Å²) in [5, 5.41) is 15.1. The molecule has 1 aromatic heterocycles. The average Bonchev–Trinajstić information content (AvgIpc) is 3.06. The number of aromatic nitrogens is 4. The Balaban J connectivity index is 1.56. The number of amides is 1. The highest BCUT2D eigenvalue weighted by atomic mass is 35.5. The summed E-state index contributed by atoms with van der Waals surface area (Å²) in [6.45, 7) is 0. The van der Waals surface area contributed by atoms with Crippen LogP contribution in [0.1, 0.15) is 38.1 Å². The standard InChI is InChI=1S/C15H17ClFN5OS/c16-12-8-10(6-7-13(12)17)18-14(23)9-24-15-19-20-21-22(15)11-4-2-1-3-5-11/h6-8,11H,1-5,9H2,(H,18,23). The molecule has 0 unspecified atom stereocenters. The largest absolute Gasteiger partial charge is 0.325 e. The lowest BCUT2D eigenvalue weighted by Crippen LogP contribution is -2.17. The van der Waals surface area contributed by atoms with Gasteiger partial charge in [0.2, 0.25) is 11.1 Å². The van der Waals surface area contributed by atoms with E-state index in [4.69, 9.17) is 11.6 Å². The molecule has 0 spiro atoms. The molecule has 1 fully saturated rings. The number of tetrazole rings is 1. The number of nitrogens with one attached hydrogen (secondary N) is 1. The number of carbonyl (C=O) groups is 1. The molecule has 1 saturated carbocycles. The van der Waals surface area contributed by atoms with Gasteiger partial charge in [-0.1, -0.05) is 42.6 Å². The van der Waals surface area contributed by atoms with E-state index in [1.807, 2.05) is 4.68 Å². The zero-order valence-corrected chi connectivity index (χ0v) is 14.5. The summed E-state index contributed by atoms with van der Waals surface area (Å²) in [5.41, 5.74) is 0.457. The van der Waals surface area contributed by atoms with Gasteiger partial charge in [-0.25, -0.2) is 9.07 Å². The van der Waals surface area contributed by atoms with Gasteiger partial charge in [0.25, 0.3) is 0 Å². The van der Waals surface area contributed by atoms with Crippen molar-refractivity contribution in [3.63, 3.8) is 0 Å². The van der Waals surface area contributed by atoms with Crippen LogP contribution in [0.5, 0.6) is 0 Å². The highest BCUT2D eigenvalue weighted by molar-refractivity contribution is 7.99. The molecule has 0 bridgehead atoms. The van der Waals surface area contributed by atoms with Crippen molar-refractivity contribution < 1.29 is 9.18 Å². The van der Waals surface area contributed by atoms with E-state index in [-0.39, 0.29) is 16.7 Å². The first-order chi connectivity index (χ1) is 11.6. The van der Waals surface area contributed by atoms with E-state index in [2.05, 4.69) is 20.8 Å². The SMILES string of the molecule is O=C(CSc1nnnn1C1CCCCC1)Nc1ccc(F)c(Cl)c1. The first-order valence-corrected chi connectivity index (χ1v) is 9.15. The van der Waals surface area contributed by atoms with Gasteiger partial charge in [-0.2, -0.15) is 0 Å². The number of benzene rings is 1. The third kappa shape index (κ3) is 4.24. The van der Waals surface area contributed by atoms with Gasteiger partial charge in [0.15, 0.2) is 0 Å². The van der Waals surface area contributed by atoms with Crippen LogP contribution in [-0.4, -0.2) is 31.9 Å². The molecular weight excluding hydrogens is 353 g/mol. The molecule has 1 aromatic carbocycles. The second-order valence-electron chi connectivity index (χ2n) is 5.66. The van der Waals surface area contributed by atoms with Crippen LogP contribution in [0.2, 0.25) is 5.02 Å². The zero-order valence-electron chi connectivity index (χ0n) is 12.9. The normalized spacial score (nSPS) is 15.4. The molecule has 128 valence electrons. The minimum Gasteiger partial charge on any atom is -0.325 e. The smallest absolute Gasteiger partial charge is 0.234 e. The zero-order chi connectivity index (χ0) is 16.9. The molecule has 1 aliphatic carbocycles. The predicted octanol–water partition coefficient (Wildman–Crippen LogP) is 3.70. The second-order valence-corrected chi connectivity index (χ2v) is 7.01. The van der Waals surface area contributed by atoms with E-state index in [0.29, 0.717) is 16.9 Å². The number of carbonyl (C=O) groups excluding carboxylic acids is 1. The first-order valence-electron chi connectivity index (χ1n) is 7.79. The Morgan fingerprint density at radius 3 is 2.92 bits per heavy atom. The second kappa shape index (κ2) is 7.94. The molecule has 24 heavy (non-hydrogen) atoms. The molecule has 0 atom stereocenters. The van der Waals surface area contributed by atoms with Crippen LogP contribution in [0.4, 0.5) is 10.1 Å². The number of hydrogen-bond donors (Lipinski definition) is 1. The van der Waals surface area contributed by atoms with Gasteiger partial charge in [-0.15, -0.1) is 5.10 Å². The molecule has 0 saturated heterocycles. The van der Waals surface area contributed by atoms with Crippen LogP contribution in [0.3, 0.4) is 0 Å². The fraction of sp³-hybridized carbons (Fsp3) is 0.467. The number of anilines is 1. The van der Waals surface area contributed by atoms with Gasteiger partial charge >= 0.3 is 0 Å². The van der Waals surface area contributed by atoms with Gasteiger partial charge < -0.3 is 5.32 Å². The van der Waals surface area contributed by atoms with Crippen LogP contribution in [0.15, 0.2) is 23.4 Å². The van der Waals surface area contributed by atoms with Crippen molar-refractivity contribution in [2.24, 2.45) is 0 Å². The van der Waals surface area contributed by atoms with E-state index >= 15 is 0 Å². The maximum absolute atomic E-state index is 13.1. The van der Waals surface area contributed by atoms with Gasteiger partial charge in [-0.05, 0) is 41.5 Å². The van der Waals surface area contributed by atoms with Gasteiger partial charge in [0.05, 0.1) is 16.8 Å². The van der Waals surface area contributed by atoms with E-state index in [9.17, 15) is 9.18 Å².